The summed E-state index contributed by atoms with van der Waals surface area (Å²) in [7, 11) is 3.48. The summed E-state index contributed by atoms with van der Waals surface area (Å²) in [5.74, 6) is 0. The Hall–Kier alpha value is -1.67. The largest absolute Gasteiger partial charge is 0.444 e. The van der Waals surface area contributed by atoms with Crippen molar-refractivity contribution in [3.8, 4) is 0 Å². The maximum Gasteiger partial charge on any atom is 0.410 e. The fourth-order valence-corrected chi connectivity index (χ4v) is 2.40. The lowest BCUT2D eigenvalue weighted by Crippen LogP contribution is -2.40. The maximum absolute atomic E-state index is 12.1. The fourth-order valence-electron chi connectivity index (χ4n) is 2.40. The zero-order valence-electron chi connectivity index (χ0n) is 13.9. The zero-order chi connectivity index (χ0) is 16.3. The molecule has 1 aliphatic rings. The first-order chi connectivity index (χ1) is 10.3. The summed E-state index contributed by atoms with van der Waals surface area (Å²) in [4.78, 5) is 13.8. The molecule has 1 aliphatic heterocycles. The molecule has 2 heterocycles. The van der Waals surface area contributed by atoms with E-state index in [1.807, 2.05) is 34.0 Å². The summed E-state index contributed by atoms with van der Waals surface area (Å²) in [6.45, 7) is 7.23. The molecule has 2 rings (SSSR count). The van der Waals surface area contributed by atoms with Gasteiger partial charge in [0.2, 0.25) is 0 Å². The normalized spacial score (nSPS) is 22.1. The number of aryl methyl sites for hydroxylation is 1. The van der Waals surface area contributed by atoms with Gasteiger partial charge in [-0.1, -0.05) is 5.21 Å². The number of carbonyl (C=O) groups excluding carboxylic acids is 1. The topological polar surface area (TPSA) is 81.5 Å². The number of likely N-dealkylation sites (tertiary alicyclic amines) is 1. The Bertz CT molecular complexity index is 511. The summed E-state index contributed by atoms with van der Waals surface area (Å²) >= 11 is 0. The first-order valence-electron chi connectivity index (χ1n) is 7.38. The predicted molar refractivity (Wildman–Crippen MR) is 80.2 cm³/mol. The quantitative estimate of drug-likeness (QED) is 0.874. The number of aromatic nitrogens is 3. The zero-order valence-corrected chi connectivity index (χ0v) is 13.9. The molecule has 1 aromatic rings. The van der Waals surface area contributed by atoms with Crippen molar-refractivity contribution in [3.63, 3.8) is 0 Å². The Morgan fingerprint density at radius 3 is 2.73 bits per heavy atom. The highest BCUT2D eigenvalue weighted by molar-refractivity contribution is 5.68. The molecule has 1 amide bonds. The predicted octanol–water partition coefficient (Wildman–Crippen LogP) is 0.539. The minimum atomic E-state index is -0.495. The van der Waals surface area contributed by atoms with E-state index in [0.29, 0.717) is 19.6 Å². The molecule has 1 aromatic heterocycles. The van der Waals surface area contributed by atoms with Crippen LogP contribution >= 0.6 is 0 Å². The van der Waals surface area contributed by atoms with Gasteiger partial charge in [0.1, 0.15) is 5.60 Å². The SMILES string of the molecule is CO[C@H]1CN(C(=O)OC(C)(C)C)CC1NCc1cn(C)nn1. The Balaban J connectivity index is 1.90. The number of amides is 1. The van der Waals surface area contributed by atoms with Gasteiger partial charge in [-0.15, -0.1) is 5.10 Å². The van der Waals surface area contributed by atoms with Crippen LogP contribution in [-0.4, -0.2) is 63.9 Å². The Morgan fingerprint density at radius 2 is 2.18 bits per heavy atom. The lowest BCUT2D eigenvalue weighted by atomic mass is 10.2. The number of methoxy groups -OCH3 is 1. The molecule has 1 unspecified atom stereocenters. The number of rotatable bonds is 4. The lowest BCUT2D eigenvalue weighted by Gasteiger charge is -2.24. The van der Waals surface area contributed by atoms with Crippen molar-refractivity contribution >= 4 is 6.09 Å². The summed E-state index contributed by atoms with van der Waals surface area (Å²) < 4.78 is 12.5. The molecule has 8 nitrogen and oxygen atoms in total. The van der Waals surface area contributed by atoms with Crippen molar-refractivity contribution in [2.24, 2.45) is 7.05 Å². The third kappa shape index (κ3) is 4.41. The van der Waals surface area contributed by atoms with E-state index in [4.69, 9.17) is 9.47 Å². The second-order valence-electron chi connectivity index (χ2n) is 6.53. The van der Waals surface area contributed by atoms with Crippen LogP contribution in [0.1, 0.15) is 26.5 Å². The van der Waals surface area contributed by atoms with Crippen LogP contribution in [0.3, 0.4) is 0 Å². The molecule has 0 aromatic carbocycles. The smallest absolute Gasteiger partial charge is 0.410 e. The third-order valence-corrected chi connectivity index (χ3v) is 3.42. The van der Waals surface area contributed by atoms with E-state index < -0.39 is 5.60 Å². The second-order valence-corrected chi connectivity index (χ2v) is 6.53. The van der Waals surface area contributed by atoms with E-state index >= 15 is 0 Å². The number of hydrogen-bond acceptors (Lipinski definition) is 6. The number of nitrogens with zero attached hydrogens (tertiary/aromatic N) is 4. The molecule has 1 N–H and O–H groups in total. The van der Waals surface area contributed by atoms with Gasteiger partial charge >= 0.3 is 6.09 Å². The molecule has 0 bridgehead atoms. The summed E-state index contributed by atoms with van der Waals surface area (Å²) in [5, 5.41) is 11.3. The van der Waals surface area contributed by atoms with Crippen LogP contribution in [0.15, 0.2) is 6.20 Å². The first-order valence-corrected chi connectivity index (χ1v) is 7.38. The molecule has 0 spiro atoms. The molecule has 2 atom stereocenters. The molecule has 0 radical (unpaired) electrons. The summed E-state index contributed by atoms with van der Waals surface area (Å²) in [6.07, 6.45) is 1.48. The second kappa shape index (κ2) is 6.62. The summed E-state index contributed by atoms with van der Waals surface area (Å²) in [6, 6.07) is 0.0412. The van der Waals surface area contributed by atoms with Gasteiger partial charge < -0.3 is 19.7 Å². The number of carbonyl (C=O) groups is 1. The molecule has 0 aliphatic carbocycles. The Labute approximate surface area is 130 Å². The van der Waals surface area contributed by atoms with Crippen molar-refractivity contribution in [1.29, 1.82) is 0 Å². The molecule has 22 heavy (non-hydrogen) atoms. The van der Waals surface area contributed by atoms with E-state index in [1.165, 1.54) is 0 Å². The van der Waals surface area contributed by atoms with E-state index in [2.05, 4.69) is 15.6 Å². The van der Waals surface area contributed by atoms with E-state index in [1.54, 1.807) is 16.7 Å². The molecular weight excluding hydrogens is 286 g/mol. The van der Waals surface area contributed by atoms with Gasteiger partial charge in [0.25, 0.3) is 0 Å². The van der Waals surface area contributed by atoms with Crippen LogP contribution in [0.4, 0.5) is 4.79 Å². The number of nitrogens with one attached hydrogen (secondary N) is 1. The van der Waals surface area contributed by atoms with Crippen molar-refractivity contribution in [3.05, 3.63) is 11.9 Å². The van der Waals surface area contributed by atoms with E-state index in [9.17, 15) is 4.79 Å². The van der Waals surface area contributed by atoms with Gasteiger partial charge in [-0.25, -0.2) is 4.79 Å². The highest BCUT2D eigenvalue weighted by atomic mass is 16.6. The van der Waals surface area contributed by atoms with Gasteiger partial charge in [-0.3, -0.25) is 4.68 Å². The van der Waals surface area contributed by atoms with Crippen molar-refractivity contribution in [2.75, 3.05) is 20.2 Å². The van der Waals surface area contributed by atoms with Gasteiger partial charge in [0, 0.05) is 33.4 Å². The monoisotopic (exact) mass is 311 g/mol. The van der Waals surface area contributed by atoms with Gasteiger partial charge in [0.05, 0.1) is 24.4 Å². The minimum Gasteiger partial charge on any atom is -0.444 e. The first kappa shape index (κ1) is 16.7. The molecule has 124 valence electrons. The molecule has 0 saturated carbocycles. The molecule has 8 heteroatoms. The van der Waals surface area contributed by atoms with Crippen LogP contribution in [0.25, 0.3) is 0 Å². The molecule has 1 fully saturated rings. The van der Waals surface area contributed by atoms with Crippen LogP contribution in [0.5, 0.6) is 0 Å². The minimum absolute atomic E-state index is 0.0412. The van der Waals surface area contributed by atoms with E-state index in [-0.39, 0.29) is 18.2 Å². The van der Waals surface area contributed by atoms with E-state index in [0.717, 1.165) is 5.69 Å². The van der Waals surface area contributed by atoms with Crippen LogP contribution in [0, 0.1) is 0 Å². The Morgan fingerprint density at radius 1 is 1.45 bits per heavy atom. The van der Waals surface area contributed by atoms with Gasteiger partial charge in [-0.2, -0.15) is 0 Å². The fraction of sp³-hybridized carbons (Fsp3) is 0.786. The Kier molecular flexibility index (Phi) is 5.02. The van der Waals surface area contributed by atoms with Gasteiger partial charge in [-0.05, 0) is 20.8 Å². The summed E-state index contributed by atoms with van der Waals surface area (Å²) in [5.41, 5.74) is 0.359. The molecule has 1 saturated heterocycles. The highest BCUT2D eigenvalue weighted by Crippen LogP contribution is 2.17. The number of hydrogen-bond donors (Lipinski definition) is 1. The van der Waals surface area contributed by atoms with Crippen molar-refractivity contribution in [1.82, 2.24) is 25.2 Å². The number of ether oxygens (including phenoxy) is 2. The van der Waals surface area contributed by atoms with Crippen molar-refractivity contribution in [2.45, 2.75) is 45.1 Å². The average molecular weight is 311 g/mol. The maximum atomic E-state index is 12.1. The lowest BCUT2D eigenvalue weighted by molar-refractivity contribution is 0.0252. The average Bonchev–Trinajstić information content (AvgIpc) is 3.00. The standard InChI is InChI=1S/C14H25N5O3/c1-14(2,3)22-13(20)19-8-11(12(9-19)21-5)15-6-10-7-18(4)17-16-10/h7,11-12,15H,6,8-9H2,1-5H3/t11?,12-/m0/s1. The third-order valence-electron chi connectivity index (χ3n) is 3.42. The van der Waals surface area contributed by atoms with Gasteiger partial charge in [0.15, 0.2) is 0 Å². The highest BCUT2D eigenvalue weighted by Gasteiger charge is 2.37. The van der Waals surface area contributed by atoms with Crippen LogP contribution in [-0.2, 0) is 23.1 Å². The van der Waals surface area contributed by atoms with Crippen molar-refractivity contribution < 1.29 is 14.3 Å². The molecular formula is C14H25N5O3. The van der Waals surface area contributed by atoms with Crippen LogP contribution in [0.2, 0.25) is 0 Å². The van der Waals surface area contributed by atoms with Crippen LogP contribution < -0.4 is 5.32 Å².